The second-order valence-corrected chi connectivity index (χ2v) is 11.5. The Bertz CT molecular complexity index is 1380. The molecule has 2 aromatic carbocycles. The maximum atomic E-state index is 13.6. The average Bonchev–Trinajstić information content (AvgIpc) is 3.36. The quantitative estimate of drug-likeness (QED) is 0.138. The average molecular weight is 598 g/mol. The Kier molecular flexibility index (Phi) is 11.8. The number of hydrogen-bond acceptors (Lipinski definition) is 7. The van der Waals surface area contributed by atoms with Crippen LogP contribution in [-0.4, -0.2) is 75.1 Å². The number of aromatic hydroxyl groups is 1. The third-order valence-electron chi connectivity index (χ3n) is 6.93. The summed E-state index contributed by atoms with van der Waals surface area (Å²) >= 11 is 1.46. The van der Waals surface area contributed by atoms with Crippen LogP contribution in [0.25, 0.3) is 10.9 Å². The van der Waals surface area contributed by atoms with Crippen LogP contribution >= 0.6 is 11.8 Å². The lowest BCUT2D eigenvalue weighted by Crippen LogP contribution is -2.59. The Morgan fingerprint density at radius 3 is 2.21 bits per heavy atom. The molecular weight excluding hydrogens is 558 g/mol. The minimum absolute atomic E-state index is 0.0514. The van der Waals surface area contributed by atoms with Crippen LogP contribution in [0.2, 0.25) is 0 Å². The van der Waals surface area contributed by atoms with Gasteiger partial charge in [0.05, 0.1) is 6.04 Å². The molecule has 8 N–H and O–H groups in total. The molecule has 11 nitrogen and oxygen atoms in total. The van der Waals surface area contributed by atoms with Crippen LogP contribution < -0.4 is 21.7 Å². The largest absolute Gasteiger partial charge is 0.508 e. The van der Waals surface area contributed by atoms with E-state index in [1.807, 2.05) is 30.5 Å². The van der Waals surface area contributed by atoms with Gasteiger partial charge in [-0.05, 0) is 60.1 Å². The molecule has 3 aromatic rings. The van der Waals surface area contributed by atoms with E-state index < -0.39 is 47.9 Å². The normalized spacial score (nSPS) is 14.1. The Labute approximate surface area is 249 Å². The first-order valence-corrected chi connectivity index (χ1v) is 15.1. The zero-order chi connectivity index (χ0) is 30.8. The van der Waals surface area contributed by atoms with E-state index in [1.165, 1.54) is 23.9 Å². The van der Waals surface area contributed by atoms with Gasteiger partial charge in [-0.1, -0.05) is 44.2 Å². The van der Waals surface area contributed by atoms with Crippen molar-refractivity contribution in [2.75, 3.05) is 12.0 Å². The number of aliphatic carboxylic acids is 1. The van der Waals surface area contributed by atoms with Crippen molar-refractivity contribution in [3.05, 3.63) is 65.9 Å². The van der Waals surface area contributed by atoms with Gasteiger partial charge in [0.25, 0.3) is 0 Å². The molecule has 0 radical (unpaired) electrons. The van der Waals surface area contributed by atoms with Crippen molar-refractivity contribution in [2.45, 2.75) is 57.3 Å². The molecule has 42 heavy (non-hydrogen) atoms. The van der Waals surface area contributed by atoms with E-state index in [0.29, 0.717) is 11.3 Å². The molecule has 0 aliphatic heterocycles. The van der Waals surface area contributed by atoms with Gasteiger partial charge in [-0.2, -0.15) is 11.8 Å². The number of carbonyl (C=O) groups excluding carboxylic acids is 3. The molecule has 1 aromatic heterocycles. The van der Waals surface area contributed by atoms with Gasteiger partial charge in [-0.15, -0.1) is 0 Å². The molecule has 0 bridgehead atoms. The van der Waals surface area contributed by atoms with E-state index in [2.05, 4.69) is 20.9 Å². The Morgan fingerprint density at radius 1 is 0.905 bits per heavy atom. The van der Waals surface area contributed by atoms with E-state index >= 15 is 0 Å². The predicted octanol–water partition coefficient (Wildman–Crippen LogP) is 1.93. The number of aromatic nitrogens is 1. The number of phenols is 1. The number of carbonyl (C=O) groups is 4. The number of phenolic OH excluding ortho intramolecular Hbond substituents is 1. The lowest BCUT2D eigenvalue weighted by Gasteiger charge is -2.27. The minimum atomic E-state index is -1.16. The van der Waals surface area contributed by atoms with Crippen molar-refractivity contribution in [3.63, 3.8) is 0 Å². The summed E-state index contributed by atoms with van der Waals surface area (Å²) in [5.41, 5.74) is 8.71. The van der Waals surface area contributed by atoms with Crippen molar-refractivity contribution >= 4 is 46.4 Å². The molecule has 0 spiro atoms. The molecule has 3 rings (SSSR count). The summed E-state index contributed by atoms with van der Waals surface area (Å²) in [5.74, 6) is -2.75. The van der Waals surface area contributed by atoms with E-state index in [9.17, 15) is 29.4 Å². The van der Waals surface area contributed by atoms with Crippen molar-refractivity contribution in [1.82, 2.24) is 20.9 Å². The number of amides is 3. The summed E-state index contributed by atoms with van der Waals surface area (Å²) < 4.78 is 0. The lowest BCUT2D eigenvalue weighted by molar-refractivity contribution is -0.142. The predicted molar refractivity (Wildman–Crippen MR) is 163 cm³/mol. The topological polar surface area (TPSA) is 187 Å². The highest BCUT2D eigenvalue weighted by Crippen LogP contribution is 2.19. The molecule has 0 aliphatic carbocycles. The van der Waals surface area contributed by atoms with Gasteiger partial charge in [0.2, 0.25) is 17.7 Å². The fourth-order valence-electron chi connectivity index (χ4n) is 4.53. The number of thioether (sulfide) groups is 1. The summed E-state index contributed by atoms with van der Waals surface area (Å²) in [4.78, 5) is 54.7. The number of rotatable bonds is 15. The number of hydrogen-bond donors (Lipinski definition) is 7. The minimum Gasteiger partial charge on any atom is -0.508 e. The number of nitrogens with one attached hydrogen (secondary N) is 4. The van der Waals surface area contributed by atoms with Crippen LogP contribution in [0.4, 0.5) is 0 Å². The molecule has 3 amide bonds. The number of carboxylic acids is 1. The zero-order valence-corrected chi connectivity index (χ0v) is 24.7. The third-order valence-corrected chi connectivity index (χ3v) is 7.58. The first-order valence-electron chi connectivity index (χ1n) is 13.7. The van der Waals surface area contributed by atoms with Gasteiger partial charge in [-0.3, -0.25) is 14.4 Å². The van der Waals surface area contributed by atoms with Crippen LogP contribution in [0, 0.1) is 5.92 Å². The van der Waals surface area contributed by atoms with Gasteiger partial charge in [-0.25, -0.2) is 4.79 Å². The second-order valence-electron chi connectivity index (χ2n) is 10.5. The van der Waals surface area contributed by atoms with Crippen molar-refractivity contribution in [3.8, 4) is 5.75 Å². The molecule has 4 atom stereocenters. The highest BCUT2D eigenvalue weighted by molar-refractivity contribution is 7.98. The van der Waals surface area contributed by atoms with Crippen LogP contribution in [0.15, 0.2) is 54.7 Å². The molecule has 4 unspecified atom stereocenters. The number of benzene rings is 2. The standard InChI is InChI=1S/C30H39N5O6S/c1-17(2)26(29(39)33-24(30(40)41)12-13-42-3)35-28(38)25(14-18-8-10-20(36)11-9-18)34-27(37)22(31)15-19-16-32-23-7-5-4-6-21(19)23/h4-11,16-17,22,24-26,32,36H,12-15,31H2,1-3H3,(H,33,39)(H,34,37)(H,35,38)(H,40,41). The summed E-state index contributed by atoms with van der Waals surface area (Å²) in [6.07, 6.45) is 4.16. The van der Waals surface area contributed by atoms with Crippen molar-refractivity contribution in [2.24, 2.45) is 11.7 Å². The SMILES string of the molecule is CSCCC(NC(=O)C(NC(=O)C(Cc1ccc(O)cc1)NC(=O)C(N)Cc1c[nH]c2ccccc12)C(C)C)C(=O)O. The molecule has 0 fully saturated rings. The Morgan fingerprint density at radius 2 is 1.57 bits per heavy atom. The van der Waals surface area contributed by atoms with Crippen molar-refractivity contribution < 1.29 is 29.4 Å². The van der Waals surface area contributed by atoms with Gasteiger partial charge >= 0.3 is 5.97 Å². The maximum absolute atomic E-state index is 13.6. The van der Waals surface area contributed by atoms with E-state index in [0.717, 1.165) is 16.5 Å². The number of para-hydroxylation sites is 1. The van der Waals surface area contributed by atoms with Gasteiger partial charge < -0.3 is 36.9 Å². The Hall–Kier alpha value is -4.03. The molecular formula is C30H39N5O6S. The summed E-state index contributed by atoms with van der Waals surface area (Å²) in [6, 6.07) is 9.64. The molecule has 0 saturated heterocycles. The third kappa shape index (κ3) is 8.98. The molecule has 0 saturated carbocycles. The zero-order valence-electron chi connectivity index (χ0n) is 23.9. The molecule has 226 valence electrons. The molecule has 0 aliphatic rings. The maximum Gasteiger partial charge on any atom is 0.326 e. The number of aromatic amines is 1. The second kappa shape index (κ2) is 15.3. The summed E-state index contributed by atoms with van der Waals surface area (Å²) in [7, 11) is 0. The summed E-state index contributed by atoms with van der Waals surface area (Å²) in [5, 5.41) is 28.1. The van der Waals surface area contributed by atoms with Gasteiger partial charge in [0.1, 0.15) is 23.9 Å². The van der Waals surface area contributed by atoms with Crippen LogP contribution in [-0.2, 0) is 32.0 Å². The van der Waals surface area contributed by atoms with Crippen LogP contribution in [0.3, 0.4) is 0 Å². The van der Waals surface area contributed by atoms with Gasteiger partial charge in [0.15, 0.2) is 0 Å². The molecule has 1 heterocycles. The smallest absolute Gasteiger partial charge is 0.326 e. The number of nitrogens with two attached hydrogens (primary N) is 1. The van der Waals surface area contributed by atoms with E-state index in [4.69, 9.17) is 5.73 Å². The highest BCUT2D eigenvalue weighted by atomic mass is 32.2. The number of carboxylic acid groups (broad SMARTS) is 1. The van der Waals surface area contributed by atoms with Crippen molar-refractivity contribution in [1.29, 1.82) is 0 Å². The van der Waals surface area contributed by atoms with E-state index in [1.54, 1.807) is 32.2 Å². The van der Waals surface area contributed by atoms with Crippen LogP contribution in [0.5, 0.6) is 5.75 Å². The summed E-state index contributed by atoms with van der Waals surface area (Å²) in [6.45, 7) is 3.46. The highest BCUT2D eigenvalue weighted by Gasteiger charge is 2.32. The monoisotopic (exact) mass is 597 g/mol. The van der Waals surface area contributed by atoms with E-state index in [-0.39, 0.29) is 30.9 Å². The number of fused-ring (bicyclic) bond motifs is 1. The Balaban J connectivity index is 1.77. The first-order chi connectivity index (χ1) is 20.0. The fraction of sp³-hybridized carbons (Fsp3) is 0.400. The fourth-order valence-corrected chi connectivity index (χ4v) is 5.00. The number of H-pyrrole nitrogens is 1. The molecule has 12 heteroatoms. The lowest BCUT2D eigenvalue weighted by atomic mass is 9.99. The van der Waals surface area contributed by atoms with Crippen LogP contribution in [0.1, 0.15) is 31.4 Å². The van der Waals surface area contributed by atoms with Gasteiger partial charge in [0, 0.05) is 23.5 Å². The first kappa shape index (κ1) is 32.5.